The Kier molecular flexibility index (Phi) is 4.98. The van der Waals surface area contributed by atoms with Crippen molar-refractivity contribution in [1.82, 2.24) is 14.8 Å². The number of nitrogens with two attached hydrogens (primary N) is 1. The summed E-state index contributed by atoms with van der Waals surface area (Å²) in [6, 6.07) is 7.16. The number of anilines is 3. The number of aromatic nitrogens is 3. The molecule has 27 heavy (non-hydrogen) atoms. The molecule has 0 atom stereocenters. The number of phenolic OH excluding ortho intramolecular Hbond substituents is 1. The molecule has 3 aromatic rings. The smallest absolute Gasteiger partial charge is 0.153 e. The summed E-state index contributed by atoms with van der Waals surface area (Å²) >= 11 is 0. The molecule has 8 heteroatoms. The molecule has 0 bridgehead atoms. The van der Waals surface area contributed by atoms with Gasteiger partial charge in [0.25, 0.3) is 0 Å². The van der Waals surface area contributed by atoms with Crippen LogP contribution in [0, 0.1) is 13.8 Å². The lowest BCUT2D eigenvalue weighted by molar-refractivity contribution is 0.471. The van der Waals surface area contributed by atoms with Crippen LogP contribution in [-0.2, 0) is 7.05 Å². The largest absolute Gasteiger partial charge is 0.508 e. The average molecular weight is 365 g/mol. The van der Waals surface area contributed by atoms with Crippen molar-refractivity contribution < 1.29 is 5.11 Å². The number of pyridine rings is 1. The topological polar surface area (TPSA) is 113 Å². The minimum atomic E-state index is 0.189. The number of nitrogens with one attached hydrogen (secondary N) is 2. The SMILES string of the molecule is CNc1cc(Nc2ccn(C)n2)ncc1C(N)=Nc1c(C)ccc(O)c1C. The zero-order valence-corrected chi connectivity index (χ0v) is 15.8. The normalized spacial score (nSPS) is 11.5. The molecule has 0 aliphatic rings. The van der Waals surface area contributed by atoms with Crippen LogP contribution in [-0.4, -0.2) is 32.8 Å². The van der Waals surface area contributed by atoms with E-state index in [0.29, 0.717) is 34.3 Å². The molecule has 140 valence electrons. The van der Waals surface area contributed by atoms with E-state index in [0.717, 1.165) is 11.3 Å². The number of nitrogens with zero attached hydrogens (tertiary/aromatic N) is 4. The van der Waals surface area contributed by atoms with Gasteiger partial charge in [-0.05, 0) is 25.5 Å². The molecular weight excluding hydrogens is 342 g/mol. The number of hydrogen-bond donors (Lipinski definition) is 4. The fraction of sp³-hybridized carbons (Fsp3) is 0.211. The van der Waals surface area contributed by atoms with Crippen molar-refractivity contribution in [2.24, 2.45) is 17.8 Å². The first-order chi connectivity index (χ1) is 12.9. The molecule has 3 rings (SSSR count). The number of aryl methyl sites for hydroxylation is 2. The summed E-state index contributed by atoms with van der Waals surface area (Å²) in [6.07, 6.45) is 3.50. The standard InChI is InChI=1S/C19H23N7O/c1-11-5-6-15(27)12(2)18(11)24-19(20)13-10-22-17(9-14(13)21-3)23-16-7-8-26(4)25-16/h5-10,27H,1-4H3,(H2,20,24)(H2,21,22,23,25). The molecule has 2 heterocycles. The van der Waals surface area contributed by atoms with Crippen LogP contribution in [0.2, 0.25) is 0 Å². The van der Waals surface area contributed by atoms with E-state index in [1.165, 1.54) is 0 Å². The van der Waals surface area contributed by atoms with Gasteiger partial charge in [-0.25, -0.2) is 9.98 Å². The lowest BCUT2D eigenvalue weighted by Crippen LogP contribution is -2.16. The number of benzene rings is 1. The second-order valence-corrected chi connectivity index (χ2v) is 6.24. The lowest BCUT2D eigenvalue weighted by Gasteiger charge is -2.12. The zero-order valence-electron chi connectivity index (χ0n) is 15.8. The van der Waals surface area contributed by atoms with E-state index in [1.54, 1.807) is 16.9 Å². The quantitative estimate of drug-likeness (QED) is 0.408. The molecule has 0 fully saturated rings. The number of aromatic hydroxyl groups is 1. The first-order valence-corrected chi connectivity index (χ1v) is 8.47. The minimum absolute atomic E-state index is 0.189. The van der Waals surface area contributed by atoms with Crippen LogP contribution in [0.25, 0.3) is 0 Å². The molecule has 8 nitrogen and oxygen atoms in total. The summed E-state index contributed by atoms with van der Waals surface area (Å²) in [4.78, 5) is 8.94. The summed E-state index contributed by atoms with van der Waals surface area (Å²) in [5, 5.41) is 20.5. The predicted molar refractivity (Wildman–Crippen MR) is 108 cm³/mol. The van der Waals surface area contributed by atoms with Gasteiger partial charge in [0.2, 0.25) is 0 Å². The van der Waals surface area contributed by atoms with Gasteiger partial charge in [-0.2, -0.15) is 5.10 Å². The molecule has 0 aliphatic heterocycles. The lowest BCUT2D eigenvalue weighted by atomic mass is 10.1. The van der Waals surface area contributed by atoms with Crippen molar-refractivity contribution in [3.8, 4) is 5.75 Å². The van der Waals surface area contributed by atoms with E-state index < -0.39 is 0 Å². The molecule has 0 unspecified atom stereocenters. The highest BCUT2D eigenvalue weighted by molar-refractivity contribution is 6.04. The van der Waals surface area contributed by atoms with Gasteiger partial charge in [0.15, 0.2) is 5.82 Å². The number of amidine groups is 1. The molecule has 0 aliphatic carbocycles. The molecule has 0 spiro atoms. The predicted octanol–water partition coefficient (Wildman–Crippen LogP) is 2.96. The van der Waals surface area contributed by atoms with Crippen molar-refractivity contribution in [2.45, 2.75) is 13.8 Å². The highest BCUT2D eigenvalue weighted by Gasteiger charge is 2.12. The number of phenols is 1. The van der Waals surface area contributed by atoms with Gasteiger partial charge < -0.3 is 21.5 Å². The molecule has 0 saturated carbocycles. The maximum Gasteiger partial charge on any atom is 0.153 e. The van der Waals surface area contributed by atoms with Crippen LogP contribution >= 0.6 is 0 Å². The number of aliphatic imine (C=N–C) groups is 1. The van der Waals surface area contributed by atoms with Gasteiger partial charge in [0, 0.05) is 44.2 Å². The molecule has 2 aromatic heterocycles. The van der Waals surface area contributed by atoms with E-state index in [9.17, 15) is 5.11 Å². The van der Waals surface area contributed by atoms with Crippen LogP contribution < -0.4 is 16.4 Å². The van der Waals surface area contributed by atoms with Gasteiger partial charge in [-0.15, -0.1) is 0 Å². The van der Waals surface area contributed by atoms with E-state index in [-0.39, 0.29) is 5.75 Å². The second-order valence-electron chi connectivity index (χ2n) is 6.24. The van der Waals surface area contributed by atoms with Crippen molar-refractivity contribution in [3.05, 3.63) is 53.3 Å². The summed E-state index contributed by atoms with van der Waals surface area (Å²) in [6.45, 7) is 3.74. The van der Waals surface area contributed by atoms with E-state index in [1.807, 2.05) is 52.3 Å². The van der Waals surface area contributed by atoms with Gasteiger partial charge in [0.05, 0.1) is 16.9 Å². The van der Waals surface area contributed by atoms with Crippen LogP contribution in [0.1, 0.15) is 16.7 Å². The first kappa shape index (κ1) is 18.2. The number of rotatable bonds is 5. The Labute approximate surface area is 157 Å². The van der Waals surface area contributed by atoms with Crippen LogP contribution in [0.4, 0.5) is 23.0 Å². The fourth-order valence-corrected chi connectivity index (χ4v) is 2.73. The zero-order chi connectivity index (χ0) is 19.6. The first-order valence-electron chi connectivity index (χ1n) is 8.47. The summed E-state index contributed by atoms with van der Waals surface area (Å²) in [5.41, 5.74) is 9.97. The molecule has 5 N–H and O–H groups in total. The Hall–Kier alpha value is -3.55. The maximum atomic E-state index is 9.94. The van der Waals surface area contributed by atoms with Crippen LogP contribution in [0.15, 0.2) is 41.7 Å². The van der Waals surface area contributed by atoms with Crippen molar-refractivity contribution in [1.29, 1.82) is 0 Å². The highest BCUT2D eigenvalue weighted by atomic mass is 16.3. The van der Waals surface area contributed by atoms with Gasteiger partial charge in [-0.3, -0.25) is 4.68 Å². The Bertz CT molecular complexity index is 1010. The van der Waals surface area contributed by atoms with Crippen molar-refractivity contribution >= 4 is 28.8 Å². The van der Waals surface area contributed by atoms with E-state index >= 15 is 0 Å². The Morgan fingerprint density at radius 1 is 1.22 bits per heavy atom. The summed E-state index contributed by atoms with van der Waals surface area (Å²) in [7, 11) is 3.66. The Morgan fingerprint density at radius 3 is 2.67 bits per heavy atom. The summed E-state index contributed by atoms with van der Waals surface area (Å²) < 4.78 is 1.71. The Balaban J connectivity index is 1.95. The molecule has 1 aromatic carbocycles. The molecule has 0 radical (unpaired) electrons. The van der Waals surface area contributed by atoms with Gasteiger partial charge >= 0.3 is 0 Å². The third-order valence-electron chi connectivity index (χ3n) is 4.26. The van der Waals surface area contributed by atoms with Crippen molar-refractivity contribution in [3.63, 3.8) is 0 Å². The molecule has 0 saturated heterocycles. The minimum Gasteiger partial charge on any atom is -0.508 e. The highest BCUT2D eigenvalue weighted by Crippen LogP contribution is 2.31. The maximum absolute atomic E-state index is 9.94. The summed E-state index contributed by atoms with van der Waals surface area (Å²) in [5.74, 6) is 1.84. The fourth-order valence-electron chi connectivity index (χ4n) is 2.73. The third kappa shape index (κ3) is 3.84. The molecular formula is C19H23N7O. The average Bonchev–Trinajstić information content (AvgIpc) is 3.06. The third-order valence-corrected chi connectivity index (χ3v) is 4.26. The van der Waals surface area contributed by atoms with Crippen LogP contribution in [0.3, 0.4) is 0 Å². The molecule has 0 amide bonds. The number of hydrogen-bond acceptors (Lipinski definition) is 6. The second kappa shape index (κ2) is 7.36. The van der Waals surface area contributed by atoms with Gasteiger partial charge in [0.1, 0.15) is 17.4 Å². The van der Waals surface area contributed by atoms with Crippen molar-refractivity contribution in [2.75, 3.05) is 17.7 Å². The monoisotopic (exact) mass is 365 g/mol. The Morgan fingerprint density at radius 2 is 2.00 bits per heavy atom. The van der Waals surface area contributed by atoms with E-state index in [2.05, 4.69) is 25.7 Å². The van der Waals surface area contributed by atoms with Crippen LogP contribution in [0.5, 0.6) is 5.75 Å². The van der Waals surface area contributed by atoms with Gasteiger partial charge in [-0.1, -0.05) is 6.07 Å². The van der Waals surface area contributed by atoms with E-state index in [4.69, 9.17) is 5.73 Å².